The zero-order valence-corrected chi connectivity index (χ0v) is 11.8. The van der Waals surface area contributed by atoms with Gasteiger partial charge in [0.2, 0.25) is 9.84 Å². The maximum atomic E-state index is 12.4. The largest absolute Gasteiger partial charge is 0.218 e. The van der Waals surface area contributed by atoms with E-state index in [2.05, 4.69) is 12.6 Å². The highest BCUT2D eigenvalue weighted by Crippen LogP contribution is 2.31. The Kier molecular flexibility index (Phi) is 3.61. The van der Waals surface area contributed by atoms with Crippen LogP contribution in [-0.4, -0.2) is 8.42 Å². The van der Waals surface area contributed by atoms with E-state index < -0.39 is 9.84 Å². The van der Waals surface area contributed by atoms with Gasteiger partial charge >= 0.3 is 0 Å². The Bertz CT molecular complexity index is 612. The van der Waals surface area contributed by atoms with Crippen molar-refractivity contribution >= 4 is 33.8 Å². The Balaban J connectivity index is 2.57. The van der Waals surface area contributed by atoms with Crippen LogP contribution < -0.4 is 0 Å². The SMILES string of the molecule is Cc1c(S(=O)(=O)c2ccccc2)csc1CS. The maximum absolute atomic E-state index is 12.4. The highest BCUT2D eigenvalue weighted by Gasteiger charge is 2.22. The van der Waals surface area contributed by atoms with Crippen LogP contribution in [0, 0.1) is 6.92 Å². The smallest absolute Gasteiger partial charge is 0.207 e. The molecule has 0 saturated carbocycles. The fraction of sp³-hybridized carbons (Fsp3) is 0.167. The average Bonchev–Trinajstić information content (AvgIpc) is 2.72. The van der Waals surface area contributed by atoms with Gasteiger partial charge in [0.25, 0.3) is 0 Å². The number of hydrogen-bond acceptors (Lipinski definition) is 4. The van der Waals surface area contributed by atoms with Gasteiger partial charge in [0.05, 0.1) is 9.79 Å². The summed E-state index contributed by atoms with van der Waals surface area (Å²) in [5, 5.41) is 1.70. The third-order valence-electron chi connectivity index (χ3n) is 2.58. The van der Waals surface area contributed by atoms with Crippen LogP contribution in [0.1, 0.15) is 10.4 Å². The van der Waals surface area contributed by atoms with Crippen LogP contribution in [0.15, 0.2) is 45.5 Å². The summed E-state index contributed by atoms with van der Waals surface area (Å²) in [4.78, 5) is 1.74. The maximum Gasteiger partial charge on any atom is 0.207 e. The van der Waals surface area contributed by atoms with Crippen molar-refractivity contribution < 1.29 is 8.42 Å². The fourth-order valence-corrected chi connectivity index (χ4v) is 4.85. The predicted molar refractivity (Wildman–Crippen MR) is 73.6 cm³/mol. The molecule has 90 valence electrons. The van der Waals surface area contributed by atoms with E-state index in [-0.39, 0.29) is 0 Å². The number of sulfone groups is 1. The minimum absolute atomic E-state index is 0.339. The lowest BCUT2D eigenvalue weighted by atomic mass is 10.3. The molecule has 2 aromatic rings. The first-order valence-corrected chi connectivity index (χ1v) is 8.05. The topological polar surface area (TPSA) is 34.1 Å². The van der Waals surface area contributed by atoms with Gasteiger partial charge in [-0.2, -0.15) is 12.6 Å². The van der Waals surface area contributed by atoms with Crippen molar-refractivity contribution in [3.63, 3.8) is 0 Å². The number of thiophene rings is 1. The van der Waals surface area contributed by atoms with Crippen LogP contribution in [0.2, 0.25) is 0 Å². The van der Waals surface area contributed by atoms with Gasteiger partial charge in [-0.25, -0.2) is 8.42 Å². The van der Waals surface area contributed by atoms with E-state index in [1.807, 2.05) is 6.92 Å². The van der Waals surface area contributed by atoms with Gasteiger partial charge in [0, 0.05) is 16.0 Å². The number of thiol groups is 1. The molecule has 0 bridgehead atoms. The molecule has 0 atom stereocenters. The number of rotatable bonds is 3. The van der Waals surface area contributed by atoms with Crippen LogP contribution in [0.4, 0.5) is 0 Å². The van der Waals surface area contributed by atoms with Gasteiger partial charge in [0.1, 0.15) is 0 Å². The Morgan fingerprint density at radius 3 is 2.41 bits per heavy atom. The first-order valence-electron chi connectivity index (χ1n) is 5.05. The van der Waals surface area contributed by atoms with Crippen molar-refractivity contribution in [1.29, 1.82) is 0 Å². The monoisotopic (exact) mass is 284 g/mol. The predicted octanol–water partition coefficient (Wildman–Crippen LogP) is 3.32. The molecule has 0 amide bonds. The molecular weight excluding hydrogens is 272 g/mol. The second-order valence-electron chi connectivity index (χ2n) is 3.62. The van der Waals surface area contributed by atoms with Crippen LogP contribution in [0.25, 0.3) is 0 Å². The van der Waals surface area contributed by atoms with Gasteiger partial charge in [-0.15, -0.1) is 11.3 Å². The van der Waals surface area contributed by atoms with Gasteiger partial charge in [0.15, 0.2) is 0 Å². The molecule has 17 heavy (non-hydrogen) atoms. The second kappa shape index (κ2) is 4.84. The molecule has 0 aliphatic carbocycles. The second-order valence-corrected chi connectivity index (χ2v) is 6.82. The van der Waals surface area contributed by atoms with E-state index in [9.17, 15) is 8.42 Å². The lowest BCUT2D eigenvalue weighted by molar-refractivity contribution is 0.596. The highest BCUT2D eigenvalue weighted by atomic mass is 32.2. The molecule has 1 heterocycles. The lowest BCUT2D eigenvalue weighted by Crippen LogP contribution is -2.02. The van der Waals surface area contributed by atoms with Crippen molar-refractivity contribution in [2.45, 2.75) is 22.5 Å². The molecule has 2 rings (SSSR count). The van der Waals surface area contributed by atoms with Crippen molar-refractivity contribution in [1.82, 2.24) is 0 Å². The van der Waals surface area contributed by atoms with E-state index in [1.165, 1.54) is 11.3 Å². The first kappa shape index (κ1) is 12.7. The summed E-state index contributed by atoms with van der Waals surface area (Å²) in [5.74, 6) is 0.570. The standard InChI is InChI=1S/C12H12O2S3/c1-9-11(7-15)16-8-12(9)17(13,14)10-5-3-2-4-6-10/h2-6,8,15H,7H2,1H3. The summed E-state index contributed by atoms with van der Waals surface area (Å²) < 4.78 is 24.7. The minimum Gasteiger partial charge on any atom is -0.218 e. The summed E-state index contributed by atoms with van der Waals surface area (Å²) in [6, 6.07) is 8.50. The van der Waals surface area contributed by atoms with Gasteiger partial charge in [-0.05, 0) is 24.6 Å². The van der Waals surface area contributed by atoms with Crippen molar-refractivity contribution in [2.75, 3.05) is 0 Å². The van der Waals surface area contributed by atoms with E-state index in [4.69, 9.17) is 0 Å². The summed E-state index contributed by atoms with van der Waals surface area (Å²) in [7, 11) is -3.38. The molecule has 1 aromatic heterocycles. The van der Waals surface area contributed by atoms with Crippen LogP contribution in [-0.2, 0) is 15.6 Å². The minimum atomic E-state index is -3.38. The molecular formula is C12H12O2S3. The number of benzene rings is 1. The van der Waals surface area contributed by atoms with E-state index in [0.717, 1.165) is 10.4 Å². The van der Waals surface area contributed by atoms with Crippen LogP contribution >= 0.6 is 24.0 Å². The zero-order valence-electron chi connectivity index (χ0n) is 9.25. The molecule has 0 fully saturated rings. The third-order valence-corrected chi connectivity index (χ3v) is 6.25. The van der Waals surface area contributed by atoms with E-state index in [0.29, 0.717) is 15.5 Å². The van der Waals surface area contributed by atoms with Crippen molar-refractivity contribution in [3.8, 4) is 0 Å². The molecule has 0 unspecified atom stereocenters. The Hall–Kier alpha value is -0.780. The molecule has 2 nitrogen and oxygen atoms in total. The van der Waals surface area contributed by atoms with E-state index >= 15 is 0 Å². The lowest BCUT2D eigenvalue weighted by Gasteiger charge is -2.04. The van der Waals surface area contributed by atoms with Crippen LogP contribution in [0.5, 0.6) is 0 Å². The zero-order chi connectivity index (χ0) is 12.5. The van der Waals surface area contributed by atoms with Crippen molar-refractivity contribution in [3.05, 3.63) is 46.2 Å². The first-order chi connectivity index (χ1) is 8.07. The van der Waals surface area contributed by atoms with Crippen LogP contribution in [0.3, 0.4) is 0 Å². The van der Waals surface area contributed by atoms with Gasteiger partial charge in [-0.1, -0.05) is 18.2 Å². The summed E-state index contributed by atoms with van der Waals surface area (Å²) >= 11 is 5.63. The van der Waals surface area contributed by atoms with Gasteiger partial charge in [-0.3, -0.25) is 0 Å². The average molecular weight is 284 g/mol. The molecule has 0 spiro atoms. The highest BCUT2D eigenvalue weighted by molar-refractivity contribution is 7.91. The molecule has 0 aliphatic heterocycles. The molecule has 5 heteroatoms. The normalized spacial score (nSPS) is 11.6. The molecule has 0 radical (unpaired) electrons. The third kappa shape index (κ3) is 2.27. The molecule has 1 aromatic carbocycles. The summed E-state index contributed by atoms with van der Waals surface area (Å²) in [5.41, 5.74) is 0.814. The summed E-state index contributed by atoms with van der Waals surface area (Å²) in [6.07, 6.45) is 0. The quantitative estimate of drug-likeness (QED) is 0.877. The fourth-order valence-electron chi connectivity index (χ4n) is 1.59. The molecule has 0 saturated heterocycles. The Morgan fingerprint density at radius 2 is 1.88 bits per heavy atom. The van der Waals surface area contributed by atoms with Gasteiger partial charge < -0.3 is 0 Å². The van der Waals surface area contributed by atoms with E-state index in [1.54, 1.807) is 35.7 Å². The Morgan fingerprint density at radius 1 is 1.24 bits per heavy atom. The van der Waals surface area contributed by atoms with Crippen molar-refractivity contribution in [2.24, 2.45) is 0 Å². The molecule has 0 aliphatic rings. The number of hydrogen-bond donors (Lipinski definition) is 1. The summed E-state index contributed by atoms with van der Waals surface area (Å²) in [6.45, 7) is 1.83. The Labute approximate surface area is 111 Å². The molecule has 0 N–H and O–H groups in total.